The quantitative estimate of drug-likeness (QED) is 0.207. The van der Waals surface area contributed by atoms with E-state index in [9.17, 15) is 19.5 Å². The highest BCUT2D eigenvalue weighted by Gasteiger charge is 2.46. The third-order valence-corrected chi connectivity index (χ3v) is 14.0. The van der Waals surface area contributed by atoms with Gasteiger partial charge in [0, 0.05) is 85.8 Å². The van der Waals surface area contributed by atoms with Crippen molar-refractivity contribution in [1.82, 2.24) is 15.1 Å². The molecule has 11 heteroatoms. The summed E-state index contributed by atoms with van der Waals surface area (Å²) in [6, 6.07) is 26.8. The Kier molecular flexibility index (Phi) is 9.38. The molecule has 1 spiro atoms. The molecule has 0 aliphatic carbocycles. The number of halogens is 1. The van der Waals surface area contributed by atoms with Crippen LogP contribution in [-0.4, -0.2) is 91.1 Å². The van der Waals surface area contributed by atoms with Crippen LogP contribution in [0.2, 0.25) is 0 Å². The molecule has 6 aliphatic rings. The fourth-order valence-electron chi connectivity index (χ4n) is 10.7. The summed E-state index contributed by atoms with van der Waals surface area (Å²) in [6.45, 7) is 7.87. The topological polar surface area (TPSA) is 106 Å². The number of benzene rings is 4. The Balaban J connectivity index is 0.717. The van der Waals surface area contributed by atoms with Crippen molar-refractivity contribution in [2.24, 2.45) is 11.3 Å². The summed E-state index contributed by atoms with van der Waals surface area (Å²) in [5.41, 5.74) is 6.77. The molecule has 4 saturated heterocycles. The van der Waals surface area contributed by atoms with Crippen molar-refractivity contribution >= 4 is 29.1 Å². The van der Waals surface area contributed by atoms with E-state index in [0.29, 0.717) is 47.9 Å². The van der Waals surface area contributed by atoms with Gasteiger partial charge in [-0.2, -0.15) is 0 Å². The number of hydrogen-bond acceptors (Lipinski definition) is 8. The minimum absolute atomic E-state index is 0.0199. The van der Waals surface area contributed by atoms with Crippen molar-refractivity contribution in [1.29, 1.82) is 0 Å². The van der Waals surface area contributed by atoms with Gasteiger partial charge in [-0.3, -0.25) is 19.7 Å². The fraction of sp³-hybridized carbons (Fsp3) is 0.426. The Hall–Kier alpha value is -5.42. The van der Waals surface area contributed by atoms with Gasteiger partial charge in [-0.15, -0.1) is 0 Å². The molecule has 6 aliphatic heterocycles. The smallest absolute Gasteiger partial charge is 0.255 e. The van der Waals surface area contributed by atoms with Crippen LogP contribution in [0, 0.1) is 17.2 Å². The molecule has 0 saturated carbocycles. The monoisotopic (exact) mass is 783 g/mol. The number of fused-ring (bicyclic) bond motifs is 2. The molecule has 2 N–H and O–H groups in total. The number of nitrogens with zero attached hydrogens (tertiary/aromatic N) is 4. The van der Waals surface area contributed by atoms with Crippen molar-refractivity contribution in [3.05, 3.63) is 119 Å². The van der Waals surface area contributed by atoms with Gasteiger partial charge < -0.3 is 29.4 Å². The maximum Gasteiger partial charge on any atom is 0.255 e. The molecule has 0 radical (unpaired) electrons. The highest BCUT2D eigenvalue weighted by atomic mass is 19.1. The number of ether oxygens (including phenoxy) is 1. The number of anilines is 2. The lowest BCUT2D eigenvalue weighted by Crippen LogP contribution is -2.60. The number of phenolic OH excluding ortho intramolecular Hbond substituents is 1. The largest absolute Gasteiger partial charge is 0.508 e. The highest BCUT2D eigenvalue weighted by Crippen LogP contribution is 2.48. The third-order valence-electron chi connectivity index (χ3n) is 14.0. The van der Waals surface area contributed by atoms with Crippen LogP contribution in [0.3, 0.4) is 0 Å². The maximum atomic E-state index is 16.1. The van der Waals surface area contributed by atoms with Crippen molar-refractivity contribution in [3.8, 4) is 11.5 Å². The van der Waals surface area contributed by atoms with Gasteiger partial charge in [0.2, 0.25) is 11.8 Å². The lowest BCUT2D eigenvalue weighted by molar-refractivity contribution is -0.136. The molecule has 0 aromatic heterocycles. The minimum Gasteiger partial charge on any atom is -0.508 e. The number of carbonyl (C=O) groups is 3. The Morgan fingerprint density at radius 2 is 1.62 bits per heavy atom. The standard InChI is InChI=1S/C47H50FN5O5/c48-39-23-32(44-37-10-8-35(54)24-42(37)58-27-38(44)31-4-2-1-3-5-31)6-11-40(39)51-18-14-30(15-19-51)25-50-20-16-47(17-21-50)28-52(29-47)34-7-9-36-33(22-34)26-53(46(36)57)41-12-13-43(55)49-45(41)56/h1-11,22-24,30,38,41,44,54H,12-21,25-29H2,(H,49,55,56)/t38-,41?,44-/m0/s1. The first-order valence-corrected chi connectivity index (χ1v) is 21.0. The number of aromatic hydroxyl groups is 1. The van der Waals surface area contributed by atoms with E-state index in [1.54, 1.807) is 23.1 Å². The summed E-state index contributed by atoms with van der Waals surface area (Å²) in [6.07, 6.45) is 5.07. The summed E-state index contributed by atoms with van der Waals surface area (Å²) in [7, 11) is 0. The van der Waals surface area contributed by atoms with Crippen LogP contribution >= 0.6 is 0 Å². The number of likely N-dealkylation sites (tertiary alicyclic amines) is 1. The number of piperidine rings is 3. The first kappa shape index (κ1) is 36.9. The van der Waals surface area contributed by atoms with E-state index < -0.39 is 6.04 Å². The van der Waals surface area contributed by atoms with Crippen LogP contribution in [0.5, 0.6) is 11.5 Å². The van der Waals surface area contributed by atoms with Gasteiger partial charge in [0.1, 0.15) is 23.4 Å². The summed E-state index contributed by atoms with van der Waals surface area (Å²) >= 11 is 0. The number of carbonyl (C=O) groups excluding carboxylic acids is 3. The Morgan fingerprint density at radius 3 is 2.38 bits per heavy atom. The lowest BCUT2D eigenvalue weighted by Gasteiger charge is -2.55. The van der Waals surface area contributed by atoms with Crippen LogP contribution in [-0.2, 0) is 16.1 Å². The zero-order chi connectivity index (χ0) is 39.5. The molecule has 4 aromatic rings. The number of imide groups is 1. The van der Waals surface area contributed by atoms with Crippen LogP contribution in [0.25, 0.3) is 0 Å². The lowest BCUT2D eigenvalue weighted by atomic mass is 9.71. The molecule has 10 rings (SSSR count). The third kappa shape index (κ3) is 6.76. The number of phenols is 1. The van der Waals surface area contributed by atoms with Crippen LogP contribution in [0.4, 0.5) is 15.8 Å². The second-order valence-corrected chi connectivity index (χ2v) is 17.6. The molecule has 3 atom stereocenters. The molecular formula is C47H50FN5O5. The highest BCUT2D eigenvalue weighted by molar-refractivity contribution is 6.05. The van der Waals surface area contributed by atoms with Crippen molar-refractivity contribution in [2.45, 2.75) is 62.9 Å². The van der Waals surface area contributed by atoms with Gasteiger partial charge in [-0.25, -0.2) is 4.39 Å². The minimum atomic E-state index is -0.596. The predicted octanol–water partition coefficient (Wildman–Crippen LogP) is 6.42. The molecule has 0 bridgehead atoms. The molecule has 3 amide bonds. The van der Waals surface area contributed by atoms with Crippen molar-refractivity contribution in [3.63, 3.8) is 0 Å². The SMILES string of the molecule is O=C1CCC(N2Cc3cc(N4CC5(CCN(CC6CCN(c7ccc([C@H]8c9ccc(O)cc9OC[C@H]8c8ccccc8)cc7F)CC6)CC5)C4)ccc3C2=O)C(=O)N1. The van der Waals surface area contributed by atoms with Crippen molar-refractivity contribution in [2.75, 3.05) is 62.2 Å². The summed E-state index contributed by atoms with van der Waals surface area (Å²) in [5, 5.41) is 12.5. The molecule has 4 fully saturated rings. The van der Waals surface area contributed by atoms with E-state index >= 15 is 4.39 Å². The van der Waals surface area contributed by atoms with E-state index in [1.165, 1.54) is 12.8 Å². The Morgan fingerprint density at radius 1 is 0.828 bits per heavy atom. The Labute approximate surface area is 338 Å². The van der Waals surface area contributed by atoms with Gasteiger partial charge in [0.15, 0.2) is 0 Å². The number of hydrogen-bond donors (Lipinski definition) is 2. The van der Waals surface area contributed by atoms with E-state index in [2.05, 4.69) is 44.3 Å². The van der Waals surface area contributed by atoms with Crippen molar-refractivity contribution < 1.29 is 28.6 Å². The predicted molar refractivity (Wildman–Crippen MR) is 219 cm³/mol. The van der Waals surface area contributed by atoms with Crippen LogP contribution < -0.4 is 19.9 Å². The number of amides is 3. The van der Waals surface area contributed by atoms with E-state index in [1.807, 2.05) is 42.5 Å². The fourth-order valence-corrected chi connectivity index (χ4v) is 10.7. The molecule has 58 heavy (non-hydrogen) atoms. The van der Waals surface area contributed by atoms with Gasteiger partial charge in [0.05, 0.1) is 12.3 Å². The summed E-state index contributed by atoms with van der Waals surface area (Å²) < 4.78 is 22.2. The zero-order valence-electron chi connectivity index (χ0n) is 32.7. The van der Waals surface area contributed by atoms with E-state index in [0.717, 1.165) is 86.6 Å². The molecule has 300 valence electrons. The summed E-state index contributed by atoms with van der Waals surface area (Å²) in [4.78, 5) is 46.2. The van der Waals surface area contributed by atoms with E-state index in [4.69, 9.17) is 4.74 Å². The molecule has 10 nitrogen and oxygen atoms in total. The van der Waals surface area contributed by atoms with Gasteiger partial charge >= 0.3 is 0 Å². The molecular weight excluding hydrogens is 734 g/mol. The first-order chi connectivity index (χ1) is 28.2. The number of rotatable bonds is 7. The average Bonchev–Trinajstić information content (AvgIpc) is 3.55. The number of nitrogens with one attached hydrogen (secondary N) is 1. The van der Waals surface area contributed by atoms with Gasteiger partial charge in [-0.05, 0) is 104 Å². The average molecular weight is 784 g/mol. The summed E-state index contributed by atoms with van der Waals surface area (Å²) in [5.74, 6) is 0.360. The first-order valence-electron chi connectivity index (χ1n) is 21.0. The second kappa shape index (κ2) is 14.8. The Bertz CT molecular complexity index is 2240. The van der Waals surface area contributed by atoms with Gasteiger partial charge in [-0.1, -0.05) is 42.5 Å². The van der Waals surface area contributed by atoms with E-state index in [-0.39, 0.29) is 47.5 Å². The molecule has 4 aromatic carbocycles. The van der Waals surface area contributed by atoms with Gasteiger partial charge in [0.25, 0.3) is 5.91 Å². The zero-order valence-corrected chi connectivity index (χ0v) is 32.7. The second-order valence-electron chi connectivity index (χ2n) is 17.6. The van der Waals surface area contributed by atoms with Crippen LogP contribution in [0.1, 0.15) is 83.0 Å². The molecule has 6 heterocycles. The normalized spacial score (nSPS) is 24.6. The molecule has 1 unspecified atom stereocenters. The van der Waals surface area contributed by atoms with Crippen LogP contribution in [0.15, 0.2) is 84.9 Å². The maximum absolute atomic E-state index is 16.1.